The van der Waals surface area contributed by atoms with Gasteiger partial charge in [0.25, 0.3) is 0 Å². The Balaban J connectivity index is 2.29. The smallest absolute Gasteiger partial charge is 0.340 e. The molecule has 0 saturated carbocycles. The molecule has 0 bridgehead atoms. The molecule has 6 nitrogen and oxygen atoms in total. The maximum Gasteiger partial charge on any atom is 0.340 e. The summed E-state index contributed by atoms with van der Waals surface area (Å²) in [5.74, 6) is 0.380. The Kier molecular flexibility index (Phi) is 6.41. The highest BCUT2D eigenvalue weighted by atomic mass is 32.1. The van der Waals surface area contributed by atoms with Crippen molar-refractivity contribution in [2.24, 2.45) is 0 Å². The van der Waals surface area contributed by atoms with Crippen LogP contribution >= 0.6 is 12.2 Å². The highest BCUT2D eigenvalue weighted by molar-refractivity contribution is 7.80. The average molecular weight is 374 g/mol. The number of methoxy groups -OCH3 is 3. The van der Waals surface area contributed by atoms with E-state index in [0.29, 0.717) is 22.3 Å². The number of aryl methyl sites for hydroxylation is 2. The maximum atomic E-state index is 12.1. The topological polar surface area (TPSA) is 68.8 Å². The van der Waals surface area contributed by atoms with Gasteiger partial charge >= 0.3 is 5.97 Å². The van der Waals surface area contributed by atoms with Crippen molar-refractivity contribution >= 4 is 34.7 Å². The van der Waals surface area contributed by atoms with Crippen LogP contribution in [0.25, 0.3) is 0 Å². The molecule has 2 rings (SSSR count). The summed E-state index contributed by atoms with van der Waals surface area (Å²) < 4.78 is 15.4. The monoisotopic (exact) mass is 374 g/mol. The van der Waals surface area contributed by atoms with Crippen LogP contribution in [0.1, 0.15) is 21.5 Å². The summed E-state index contributed by atoms with van der Waals surface area (Å²) >= 11 is 5.37. The Morgan fingerprint density at radius 1 is 0.923 bits per heavy atom. The predicted octanol–water partition coefficient (Wildman–Crippen LogP) is 3.92. The molecule has 0 fully saturated rings. The molecule has 0 spiro atoms. The Morgan fingerprint density at radius 3 is 2.15 bits per heavy atom. The number of ether oxygens (including phenoxy) is 3. The molecule has 2 aromatic rings. The lowest BCUT2D eigenvalue weighted by molar-refractivity contribution is 0.0601. The standard InChI is InChI=1S/C19H22N2O4S/c1-11-6-7-13(8-12(11)2)20-19(26)21-15-10-17(24-4)16(23-3)9-14(15)18(22)25-5/h6-10H,1-5H3,(H2,20,21,26). The first-order valence-corrected chi connectivity index (χ1v) is 8.30. The number of hydrogen-bond acceptors (Lipinski definition) is 5. The van der Waals surface area contributed by atoms with Gasteiger partial charge in [-0.15, -0.1) is 0 Å². The molecule has 0 saturated heterocycles. The number of benzene rings is 2. The molecule has 7 heteroatoms. The van der Waals surface area contributed by atoms with Gasteiger partial charge in [0.1, 0.15) is 0 Å². The number of rotatable bonds is 5. The number of carbonyl (C=O) groups is 1. The molecule has 26 heavy (non-hydrogen) atoms. The average Bonchev–Trinajstić information content (AvgIpc) is 2.63. The summed E-state index contributed by atoms with van der Waals surface area (Å²) in [5, 5.41) is 6.46. The molecule has 138 valence electrons. The van der Waals surface area contributed by atoms with Crippen LogP contribution in [-0.2, 0) is 4.74 Å². The van der Waals surface area contributed by atoms with Crippen molar-refractivity contribution in [3.05, 3.63) is 47.0 Å². The van der Waals surface area contributed by atoms with Gasteiger partial charge in [0.15, 0.2) is 16.6 Å². The quantitative estimate of drug-likeness (QED) is 0.607. The number of carbonyl (C=O) groups excluding carboxylic acids is 1. The van der Waals surface area contributed by atoms with Crippen molar-refractivity contribution in [3.63, 3.8) is 0 Å². The zero-order valence-electron chi connectivity index (χ0n) is 15.4. The first-order chi connectivity index (χ1) is 12.4. The molecule has 0 amide bonds. The van der Waals surface area contributed by atoms with Crippen LogP contribution in [0.3, 0.4) is 0 Å². The summed E-state index contributed by atoms with van der Waals surface area (Å²) in [6.07, 6.45) is 0. The number of anilines is 2. The lowest BCUT2D eigenvalue weighted by Gasteiger charge is -2.16. The highest BCUT2D eigenvalue weighted by Gasteiger charge is 2.18. The van der Waals surface area contributed by atoms with Gasteiger partial charge in [-0.3, -0.25) is 0 Å². The van der Waals surface area contributed by atoms with Crippen LogP contribution in [0.5, 0.6) is 11.5 Å². The van der Waals surface area contributed by atoms with Crippen molar-refractivity contribution in [1.82, 2.24) is 0 Å². The maximum absolute atomic E-state index is 12.1. The minimum absolute atomic E-state index is 0.286. The van der Waals surface area contributed by atoms with E-state index >= 15 is 0 Å². The van der Waals surface area contributed by atoms with E-state index in [4.69, 9.17) is 26.4 Å². The van der Waals surface area contributed by atoms with E-state index in [1.165, 1.54) is 26.9 Å². The van der Waals surface area contributed by atoms with Crippen LogP contribution in [0.15, 0.2) is 30.3 Å². The fourth-order valence-electron chi connectivity index (χ4n) is 2.37. The molecule has 0 aliphatic carbocycles. The Hall–Kier alpha value is -2.80. The van der Waals surface area contributed by atoms with E-state index in [-0.39, 0.29) is 5.56 Å². The summed E-state index contributed by atoms with van der Waals surface area (Å²) in [7, 11) is 4.33. The van der Waals surface area contributed by atoms with Crippen LogP contribution in [0.4, 0.5) is 11.4 Å². The number of hydrogen-bond donors (Lipinski definition) is 2. The highest BCUT2D eigenvalue weighted by Crippen LogP contribution is 2.33. The molecule has 0 radical (unpaired) electrons. The van der Waals surface area contributed by atoms with Gasteiger partial charge in [-0.25, -0.2) is 4.79 Å². The second kappa shape index (κ2) is 8.53. The lowest BCUT2D eigenvalue weighted by atomic mass is 10.1. The van der Waals surface area contributed by atoms with E-state index < -0.39 is 5.97 Å². The Labute approximate surface area is 158 Å². The second-order valence-corrected chi connectivity index (χ2v) is 6.03. The van der Waals surface area contributed by atoms with Gasteiger partial charge in [-0.2, -0.15) is 0 Å². The van der Waals surface area contributed by atoms with Crippen molar-refractivity contribution < 1.29 is 19.0 Å². The fourth-order valence-corrected chi connectivity index (χ4v) is 2.59. The van der Waals surface area contributed by atoms with Crippen molar-refractivity contribution in [1.29, 1.82) is 0 Å². The minimum Gasteiger partial charge on any atom is -0.493 e. The molecule has 0 heterocycles. The van der Waals surface area contributed by atoms with Gasteiger partial charge in [0.2, 0.25) is 0 Å². The zero-order chi connectivity index (χ0) is 19.3. The van der Waals surface area contributed by atoms with E-state index in [1.54, 1.807) is 12.1 Å². The van der Waals surface area contributed by atoms with Crippen molar-refractivity contribution in [3.8, 4) is 11.5 Å². The Morgan fingerprint density at radius 2 is 1.58 bits per heavy atom. The van der Waals surface area contributed by atoms with Crippen LogP contribution in [0, 0.1) is 13.8 Å². The van der Waals surface area contributed by atoms with Gasteiger partial charge < -0.3 is 24.8 Å². The van der Waals surface area contributed by atoms with E-state index in [1.807, 2.05) is 32.0 Å². The summed E-state index contributed by atoms with van der Waals surface area (Å²) in [5.41, 5.74) is 3.94. The molecule has 0 aliphatic rings. The first kappa shape index (κ1) is 19.5. The van der Waals surface area contributed by atoms with E-state index in [2.05, 4.69) is 10.6 Å². The zero-order valence-corrected chi connectivity index (χ0v) is 16.2. The van der Waals surface area contributed by atoms with Crippen LogP contribution in [0.2, 0.25) is 0 Å². The second-order valence-electron chi connectivity index (χ2n) is 5.62. The summed E-state index contributed by atoms with van der Waals surface area (Å²) in [4.78, 5) is 12.1. The molecular formula is C19H22N2O4S. The normalized spacial score (nSPS) is 10.0. The van der Waals surface area contributed by atoms with Crippen molar-refractivity contribution in [2.45, 2.75) is 13.8 Å². The third-order valence-electron chi connectivity index (χ3n) is 3.94. The number of thiocarbonyl (C=S) groups is 1. The van der Waals surface area contributed by atoms with Gasteiger partial charge in [-0.1, -0.05) is 6.07 Å². The molecule has 2 N–H and O–H groups in total. The van der Waals surface area contributed by atoms with Gasteiger partial charge in [0, 0.05) is 17.8 Å². The molecular weight excluding hydrogens is 352 g/mol. The number of esters is 1. The molecule has 0 atom stereocenters. The van der Waals surface area contributed by atoms with E-state index in [9.17, 15) is 4.79 Å². The molecule has 0 unspecified atom stereocenters. The third-order valence-corrected chi connectivity index (χ3v) is 4.15. The SMILES string of the molecule is COC(=O)c1cc(OC)c(OC)cc1NC(=S)Nc1ccc(C)c(C)c1. The largest absolute Gasteiger partial charge is 0.493 e. The molecule has 0 aromatic heterocycles. The van der Waals surface area contributed by atoms with Crippen LogP contribution in [-0.4, -0.2) is 32.4 Å². The summed E-state index contributed by atoms with van der Waals surface area (Å²) in [6, 6.07) is 9.13. The third kappa shape index (κ3) is 4.43. The molecule has 2 aromatic carbocycles. The van der Waals surface area contributed by atoms with Crippen LogP contribution < -0.4 is 20.1 Å². The van der Waals surface area contributed by atoms with Crippen molar-refractivity contribution in [2.75, 3.05) is 32.0 Å². The Bertz CT molecular complexity index is 837. The number of nitrogens with one attached hydrogen (secondary N) is 2. The molecule has 0 aliphatic heterocycles. The first-order valence-electron chi connectivity index (χ1n) is 7.89. The minimum atomic E-state index is -0.512. The van der Waals surface area contributed by atoms with E-state index in [0.717, 1.165) is 11.3 Å². The fraction of sp³-hybridized carbons (Fsp3) is 0.263. The van der Waals surface area contributed by atoms with Gasteiger partial charge in [-0.05, 0) is 49.3 Å². The lowest BCUT2D eigenvalue weighted by Crippen LogP contribution is -2.21. The van der Waals surface area contributed by atoms with Gasteiger partial charge in [0.05, 0.1) is 32.6 Å². The predicted molar refractivity (Wildman–Crippen MR) is 107 cm³/mol. The summed E-state index contributed by atoms with van der Waals surface area (Å²) in [6.45, 7) is 4.07.